The number of methoxy groups -OCH3 is 1. The van der Waals surface area contributed by atoms with Crippen molar-refractivity contribution in [3.8, 4) is 0 Å². The molecular formula is C17H25NO3. The normalized spacial score (nSPS) is 12.1. The molecule has 0 aliphatic rings. The van der Waals surface area contributed by atoms with E-state index < -0.39 is 12.0 Å². The van der Waals surface area contributed by atoms with Crippen LogP contribution in [0.5, 0.6) is 0 Å². The van der Waals surface area contributed by atoms with E-state index in [4.69, 9.17) is 4.74 Å². The summed E-state index contributed by atoms with van der Waals surface area (Å²) in [5, 5.41) is 2.79. The largest absolute Gasteiger partial charge is 0.467 e. The van der Waals surface area contributed by atoms with Crippen molar-refractivity contribution in [2.24, 2.45) is 5.92 Å². The van der Waals surface area contributed by atoms with Gasteiger partial charge < -0.3 is 10.1 Å². The highest BCUT2D eigenvalue weighted by Crippen LogP contribution is 2.16. The Hall–Kier alpha value is -1.84. The highest BCUT2D eigenvalue weighted by Gasteiger charge is 2.23. The highest BCUT2D eigenvalue weighted by molar-refractivity contribution is 5.84. The monoisotopic (exact) mass is 291 g/mol. The van der Waals surface area contributed by atoms with E-state index in [1.807, 2.05) is 45.9 Å². The second-order valence-electron chi connectivity index (χ2n) is 5.82. The van der Waals surface area contributed by atoms with Crippen LogP contribution in [0.4, 0.5) is 0 Å². The van der Waals surface area contributed by atoms with E-state index in [0.29, 0.717) is 12.8 Å². The number of carbonyl (C=O) groups excluding carboxylic acids is 2. The number of aryl methyl sites for hydroxylation is 2. The Morgan fingerprint density at radius 1 is 1.19 bits per heavy atom. The lowest BCUT2D eigenvalue weighted by Crippen LogP contribution is -2.43. The predicted molar refractivity (Wildman–Crippen MR) is 83.0 cm³/mol. The molecule has 0 aliphatic heterocycles. The molecule has 0 unspecified atom stereocenters. The summed E-state index contributed by atoms with van der Waals surface area (Å²) >= 11 is 0. The van der Waals surface area contributed by atoms with Crippen molar-refractivity contribution in [3.05, 3.63) is 34.9 Å². The third-order valence-corrected chi connectivity index (χ3v) is 3.47. The van der Waals surface area contributed by atoms with Gasteiger partial charge in [-0.15, -0.1) is 0 Å². The van der Waals surface area contributed by atoms with Gasteiger partial charge in [-0.25, -0.2) is 4.79 Å². The molecule has 0 aliphatic carbocycles. The first kappa shape index (κ1) is 17.2. The van der Waals surface area contributed by atoms with E-state index >= 15 is 0 Å². The molecule has 4 nitrogen and oxygen atoms in total. The molecule has 116 valence electrons. The Morgan fingerprint density at radius 2 is 1.76 bits per heavy atom. The van der Waals surface area contributed by atoms with Crippen molar-refractivity contribution in [1.82, 2.24) is 5.32 Å². The van der Waals surface area contributed by atoms with Crippen LogP contribution in [0.25, 0.3) is 0 Å². The lowest BCUT2D eigenvalue weighted by molar-refractivity contribution is -0.145. The maximum Gasteiger partial charge on any atom is 0.328 e. The van der Waals surface area contributed by atoms with Crippen LogP contribution in [0, 0.1) is 19.8 Å². The summed E-state index contributed by atoms with van der Waals surface area (Å²) in [5.41, 5.74) is 3.31. The van der Waals surface area contributed by atoms with Gasteiger partial charge in [0.15, 0.2) is 0 Å². The quantitative estimate of drug-likeness (QED) is 0.820. The van der Waals surface area contributed by atoms with Gasteiger partial charge in [0, 0.05) is 12.8 Å². The maximum absolute atomic E-state index is 11.9. The number of amides is 1. The summed E-state index contributed by atoms with van der Waals surface area (Å²) < 4.78 is 4.82. The molecule has 1 N–H and O–H groups in total. The topological polar surface area (TPSA) is 55.4 Å². The fourth-order valence-electron chi connectivity index (χ4n) is 2.33. The molecule has 1 atom stereocenters. The molecular weight excluding hydrogens is 266 g/mol. The van der Waals surface area contributed by atoms with Gasteiger partial charge in [-0.1, -0.05) is 32.0 Å². The van der Waals surface area contributed by atoms with Crippen molar-refractivity contribution in [1.29, 1.82) is 0 Å². The van der Waals surface area contributed by atoms with Crippen LogP contribution in [0.2, 0.25) is 0 Å². The summed E-state index contributed by atoms with van der Waals surface area (Å²) in [6.07, 6.45) is 0.856. The van der Waals surface area contributed by atoms with Gasteiger partial charge in [-0.05, 0) is 36.5 Å². The lowest BCUT2D eigenvalue weighted by Gasteiger charge is -2.19. The van der Waals surface area contributed by atoms with E-state index in [1.165, 1.54) is 7.11 Å². The maximum atomic E-state index is 11.9. The Labute approximate surface area is 126 Å². The van der Waals surface area contributed by atoms with E-state index in [0.717, 1.165) is 16.7 Å². The molecule has 4 heteroatoms. The highest BCUT2D eigenvalue weighted by atomic mass is 16.5. The average molecular weight is 291 g/mol. The van der Waals surface area contributed by atoms with Crippen LogP contribution < -0.4 is 5.32 Å². The van der Waals surface area contributed by atoms with Crippen LogP contribution in [0.15, 0.2) is 18.2 Å². The molecule has 1 aromatic rings. The van der Waals surface area contributed by atoms with E-state index in [2.05, 4.69) is 5.32 Å². The first-order chi connectivity index (χ1) is 9.85. The van der Waals surface area contributed by atoms with Crippen LogP contribution in [-0.4, -0.2) is 25.0 Å². The Balaban J connectivity index is 2.89. The lowest BCUT2D eigenvalue weighted by atomic mass is 9.96. The zero-order valence-corrected chi connectivity index (χ0v) is 13.5. The number of nitrogens with one attached hydrogen (secondary N) is 1. The van der Waals surface area contributed by atoms with E-state index in [-0.39, 0.29) is 11.8 Å². The molecule has 0 fully saturated rings. The number of esters is 1. The van der Waals surface area contributed by atoms with E-state index in [1.54, 1.807) is 0 Å². The van der Waals surface area contributed by atoms with Crippen LogP contribution >= 0.6 is 0 Å². The van der Waals surface area contributed by atoms with Crippen LogP contribution in [0.1, 0.15) is 37.0 Å². The molecule has 0 saturated heterocycles. The number of hydrogen-bond donors (Lipinski definition) is 1. The average Bonchev–Trinajstić information content (AvgIpc) is 2.40. The Kier molecular flexibility index (Phi) is 6.40. The molecule has 1 amide bonds. The van der Waals surface area contributed by atoms with Gasteiger partial charge in [-0.3, -0.25) is 4.79 Å². The summed E-state index contributed by atoms with van der Waals surface area (Å²) in [7, 11) is 1.34. The second kappa shape index (κ2) is 7.81. The summed E-state index contributed by atoms with van der Waals surface area (Å²) in [5.74, 6) is -0.273. The summed E-state index contributed by atoms with van der Waals surface area (Å²) in [6, 6.07) is 5.36. The van der Waals surface area contributed by atoms with Crippen molar-refractivity contribution in [3.63, 3.8) is 0 Å². The Bertz CT molecular complexity index is 489. The molecule has 0 radical (unpaired) electrons. The number of hydrogen-bond acceptors (Lipinski definition) is 3. The molecule has 0 bridgehead atoms. The third kappa shape index (κ3) is 5.21. The SMILES string of the molecule is COC(=O)[C@H](Cc1c(C)cccc1C)NC(=O)CC(C)C. The van der Waals surface area contributed by atoms with Crippen molar-refractivity contribution in [2.75, 3.05) is 7.11 Å². The van der Waals surface area contributed by atoms with Crippen molar-refractivity contribution >= 4 is 11.9 Å². The minimum Gasteiger partial charge on any atom is -0.467 e. The Morgan fingerprint density at radius 3 is 2.24 bits per heavy atom. The standard InChI is InChI=1S/C17H25NO3/c1-11(2)9-16(19)18-15(17(20)21-5)10-14-12(3)7-6-8-13(14)4/h6-8,11,15H,9-10H2,1-5H3,(H,18,19)/t15-/m0/s1. The van der Waals surface area contributed by atoms with Crippen LogP contribution in [-0.2, 0) is 20.7 Å². The minimum absolute atomic E-state index is 0.119. The first-order valence-electron chi connectivity index (χ1n) is 7.27. The number of benzene rings is 1. The molecule has 0 aromatic heterocycles. The van der Waals surface area contributed by atoms with Gasteiger partial charge in [-0.2, -0.15) is 0 Å². The number of rotatable bonds is 6. The third-order valence-electron chi connectivity index (χ3n) is 3.47. The molecule has 1 rings (SSSR count). The predicted octanol–water partition coefficient (Wildman–Crippen LogP) is 2.55. The minimum atomic E-state index is -0.638. The zero-order chi connectivity index (χ0) is 16.0. The van der Waals surface area contributed by atoms with Gasteiger partial charge in [0.05, 0.1) is 7.11 Å². The van der Waals surface area contributed by atoms with Gasteiger partial charge in [0.2, 0.25) is 5.91 Å². The molecule has 1 aromatic carbocycles. The summed E-state index contributed by atoms with van der Waals surface area (Å²) in [4.78, 5) is 23.8. The molecule has 0 saturated carbocycles. The smallest absolute Gasteiger partial charge is 0.328 e. The summed E-state index contributed by atoms with van der Waals surface area (Å²) in [6.45, 7) is 7.95. The first-order valence-corrected chi connectivity index (χ1v) is 7.27. The molecule has 21 heavy (non-hydrogen) atoms. The van der Waals surface area contributed by atoms with Crippen molar-refractivity contribution in [2.45, 2.75) is 46.6 Å². The van der Waals surface area contributed by atoms with E-state index in [9.17, 15) is 9.59 Å². The molecule has 0 heterocycles. The van der Waals surface area contributed by atoms with Crippen LogP contribution in [0.3, 0.4) is 0 Å². The van der Waals surface area contributed by atoms with Gasteiger partial charge in [0.1, 0.15) is 6.04 Å². The zero-order valence-electron chi connectivity index (χ0n) is 13.5. The fourth-order valence-corrected chi connectivity index (χ4v) is 2.33. The fraction of sp³-hybridized carbons (Fsp3) is 0.529. The molecule has 0 spiro atoms. The van der Waals surface area contributed by atoms with Crippen molar-refractivity contribution < 1.29 is 14.3 Å². The number of ether oxygens (including phenoxy) is 1. The second-order valence-corrected chi connectivity index (χ2v) is 5.82. The van der Waals surface area contributed by atoms with Gasteiger partial charge in [0.25, 0.3) is 0 Å². The number of carbonyl (C=O) groups is 2. The van der Waals surface area contributed by atoms with Gasteiger partial charge >= 0.3 is 5.97 Å².